The van der Waals surface area contributed by atoms with E-state index >= 15 is 0 Å². The molecule has 92 valence electrons. The van der Waals surface area contributed by atoms with Crippen LogP contribution in [0.1, 0.15) is 16.1 Å². The number of carbonyl (C=O) groups excluding carboxylic acids is 1. The number of nitrogens with one attached hydrogen (secondary N) is 1. The molecule has 0 radical (unpaired) electrons. The quantitative estimate of drug-likeness (QED) is 0.812. The Balaban J connectivity index is 1.98. The van der Waals surface area contributed by atoms with E-state index in [0.29, 0.717) is 0 Å². The topological polar surface area (TPSA) is 62.2 Å². The van der Waals surface area contributed by atoms with E-state index in [2.05, 4.69) is 10.3 Å². The predicted octanol–water partition coefficient (Wildman–Crippen LogP) is 1.86. The third-order valence-corrected chi connectivity index (χ3v) is 2.34. The van der Waals surface area contributed by atoms with Gasteiger partial charge in [-0.1, -0.05) is 18.2 Å². The summed E-state index contributed by atoms with van der Waals surface area (Å²) < 4.78 is 12.8. The Bertz CT molecular complexity index is 555. The van der Waals surface area contributed by atoms with Gasteiger partial charge in [0.05, 0.1) is 0 Å². The van der Waals surface area contributed by atoms with Crippen molar-refractivity contribution in [3.63, 3.8) is 0 Å². The van der Waals surface area contributed by atoms with Crippen LogP contribution in [0.4, 0.5) is 4.39 Å². The number of nitrogens with zero attached hydrogens (tertiary/aromatic N) is 1. The molecular formula is C13H11FN2O2. The fraction of sp³-hybridized carbons (Fsp3) is 0.0769. The van der Waals surface area contributed by atoms with Crippen LogP contribution in [0, 0.1) is 5.95 Å². The molecule has 0 fully saturated rings. The van der Waals surface area contributed by atoms with Crippen molar-refractivity contribution in [2.45, 2.75) is 6.54 Å². The van der Waals surface area contributed by atoms with Gasteiger partial charge in [-0.15, -0.1) is 0 Å². The highest BCUT2D eigenvalue weighted by Crippen LogP contribution is 2.09. The fourth-order valence-electron chi connectivity index (χ4n) is 1.42. The van der Waals surface area contributed by atoms with Gasteiger partial charge in [0.25, 0.3) is 5.91 Å². The maximum absolute atomic E-state index is 12.8. The number of phenols is 1. The van der Waals surface area contributed by atoms with E-state index < -0.39 is 11.9 Å². The second-order valence-electron chi connectivity index (χ2n) is 3.69. The van der Waals surface area contributed by atoms with Crippen molar-refractivity contribution in [3.8, 4) is 5.75 Å². The lowest BCUT2D eigenvalue weighted by Crippen LogP contribution is -2.23. The minimum Gasteiger partial charge on any atom is -0.508 e. The molecule has 0 bridgehead atoms. The molecule has 1 heterocycles. The molecule has 0 atom stereocenters. The number of rotatable bonds is 3. The molecule has 1 amide bonds. The van der Waals surface area contributed by atoms with Crippen LogP contribution in [0.3, 0.4) is 0 Å². The maximum Gasteiger partial charge on any atom is 0.270 e. The molecule has 0 aliphatic heterocycles. The zero-order valence-electron chi connectivity index (χ0n) is 9.43. The lowest BCUT2D eigenvalue weighted by molar-refractivity contribution is 0.0945. The first-order valence-corrected chi connectivity index (χ1v) is 5.34. The van der Waals surface area contributed by atoms with Gasteiger partial charge in [-0.3, -0.25) is 4.79 Å². The van der Waals surface area contributed by atoms with Gasteiger partial charge in [0.1, 0.15) is 11.4 Å². The summed E-state index contributed by atoms with van der Waals surface area (Å²) in [5.41, 5.74) is 0.867. The van der Waals surface area contributed by atoms with Crippen LogP contribution >= 0.6 is 0 Å². The van der Waals surface area contributed by atoms with Crippen molar-refractivity contribution >= 4 is 5.91 Å². The molecular weight excluding hydrogens is 235 g/mol. The molecule has 2 N–H and O–H groups in total. The first kappa shape index (κ1) is 12.0. The van der Waals surface area contributed by atoms with E-state index in [9.17, 15) is 9.18 Å². The fourth-order valence-corrected chi connectivity index (χ4v) is 1.42. The second-order valence-corrected chi connectivity index (χ2v) is 3.69. The number of benzene rings is 1. The van der Waals surface area contributed by atoms with E-state index in [1.54, 1.807) is 12.1 Å². The van der Waals surface area contributed by atoms with Crippen molar-refractivity contribution in [2.24, 2.45) is 0 Å². The molecule has 1 aromatic carbocycles. The number of carbonyl (C=O) groups is 1. The average molecular weight is 246 g/mol. The zero-order valence-corrected chi connectivity index (χ0v) is 9.43. The summed E-state index contributed by atoms with van der Waals surface area (Å²) in [6, 6.07) is 10.5. The van der Waals surface area contributed by atoms with Crippen LogP contribution in [0.15, 0.2) is 42.5 Å². The van der Waals surface area contributed by atoms with Crippen LogP contribution < -0.4 is 5.32 Å². The summed E-state index contributed by atoms with van der Waals surface area (Å²) in [5, 5.41) is 11.7. The largest absolute Gasteiger partial charge is 0.508 e. The molecule has 2 rings (SSSR count). The molecule has 0 aliphatic carbocycles. The van der Waals surface area contributed by atoms with Gasteiger partial charge in [-0.05, 0) is 29.8 Å². The highest BCUT2D eigenvalue weighted by atomic mass is 19.1. The predicted molar refractivity (Wildman–Crippen MR) is 63.5 cm³/mol. The number of aromatic nitrogens is 1. The van der Waals surface area contributed by atoms with E-state index in [-0.39, 0.29) is 18.0 Å². The third-order valence-electron chi connectivity index (χ3n) is 2.34. The van der Waals surface area contributed by atoms with Crippen molar-refractivity contribution in [1.29, 1.82) is 0 Å². The minimum atomic E-state index is -0.688. The van der Waals surface area contributed by atoms with Crippen molar-refractivity contribution in [3.05, 3.63) is 59.7 Å². The highest BCUT2D eigenvalue weighted by molar-refractivity contribution is 5.92. The minimum absolute atomic E-state index is 0.0359. The number of aromatic hydroxyl groups is 1. The zero-order chi connectivity index (χ0) is 13.0. The van der Waals surface area contributed by atoms with E-state index in [0.717, 1.165) is 5.56 Å². The Labute approximate surface area is 103 Å². The lowest BCUT2D eigenvalue weighted by atomic mass is 10.2. The van der Waals surface area contributed by atoms with Gasteiger partial charge in [0, 0.05) is 6.54 Å². The first-order chi connectivity index (χ1) is 8.65. The SMILES string of the molecule is O=C(NCc1ccc(O)cc1)c1cccc(F)n1. The van der Waals surface area contributed by atoms with E-state index in [4.69, 9.17) is 5.11 Å². The standard InChI is InChI=1S/C13H11FN2O2/c14-12-3-1-2-11(16-12)13(18)15-8-9-4-6-10(17)7-5-9/h1-7,17H,8H2,(H,15,18). The summed E-state index contributed by atoms with van der Waals surface area (Å²) in [5.74, 6) is -0.966. The van der Waals surface area contributed by atoms with Crippen LogP contribution in [0.2, 0.25) is 0 Å². The van der Waals surface area contributed by atoms with Gasteiger partial charge >= 0.3 is 0 Å². The van der Waals surface area contributed by atoms with Crippen molar-refractivity contribution in [1.82, 2.24) is 10.3 Å². The molecule has 2 aromatic rings. The molecule has 4 nitrogen and oxygen atoms in total. The molecule has 0 saturated carbocycles. The molecule has 1 aromatic heterocycles. The van der Waals surface area contributed by atoms with E-state index in [1.807, 2.05) is 0 Å². The smallest absolute Gasteiger partial charge is 0.270 e. The monoisotopic (exact) mass is 246 g/mol. The molecule has 0 unspecified atom stereocenters. The lowest BCUT2D eigenvalue weighted by Gasteiger charge is -2.05. The number of halogens is 1. The van der Waals surface area contributed by atoms with Gasteiger partial charge in [0.15, 0.2) is 0 Å². The van der Waals surface area contributed by atoms with E-state index in [1.165, 1.54) is 30.3 Å². The second kappa shape index (κ2) is 5.27. The average Bonchev–Trinajstić information content (AvgIpc) is 2.38. The normalized spacial score (nSPS) is 10.1. The van der Waals surface area contributed by atoms with Crippen LogP contribution in [0.5, 0.6) is 5.75 Å². The van der Waals surface area contributed by atoms with Crippen LogP contribution in [-0.4, -0.2) is 16.0 Å². The number of amides is 1. The first-order valence-electron chi connectivity index (χ1n) is 5.34. The summed E-state index contributed by atoms with van der Waals surface area (Å²) in [7, 11) is 0. The Kier molecular flexibility index (Phi) is 3.52. The van der Waals surface area contributed by atoms with Crippen LogP contribution in [0.25, 0.3) is 0 Å². The number of phenolic OH excluding ortho intramolecular Hbond substituents is 1. The number of hydrogen-bond donors (Lipinski definition) is 2. The third kappa shape index (κ3) is 3.04. The molecule has 0 saturated heterocycles. The highest BCUT2D eigenvalue weighted by Gasteiger charge is 2.07. The van der Waals surface area contributed by atoms with Gasteiger partial charge < -0.3 is 10.4 Å². The summed E-state index contributed by atoms with van der Waals surface area (Å²) >= 11 is 0. The number of hydrogen-bond acceptors (Lipinski definition) is 3. The maximum atomic E-state index is 12.8. The number of pyridine rings is 1. The Hall–Kier alpha value is -2.43. The van der Waals surface area contributed by atoms with Gasteiger partial charge in [0.2, 0.25) is 5.95 Å². The Morgan fingerprint density at radius 3 is 2.61 bits per heavy atom. The van der Waals surface area contributed by atoms with Gasteiger partial charge in [-0.2, -0.15) is 4.39 Å². The summed E-state index contributed by atoms with van der Waals surface area (Å²) in [6.07, 6.45) is 0. The summed E-state index contributed by atoms with van der Waals surface area (Å²) in [4.78, 5) is 15.1. The van der Waals surface area contributed by atoms with Gasteiger partial charge in [-0.25, -0.2) is 4.98 Å². The van der Waals surface area contributed by atoms with Crippen LogP contribution in [-0.2, 0) is 6.54 Å². The Morgan fingerprint density at radius 1 is 1.22 bits per heavy atom. The van der Waals surface area contributed by atoms with Crippen molar-refractivity contribution in [2.75, 3.05) is 0 Å². The molecule has 0 spiro atoms. The molecule has 18 heavy (non-hydrogen) atoms. The Morgan fingerprint density at radius 2 is 1.94 bits per heavy atom. The van der Waals surface area contributed by atoms with Crippen molar-refractivity contribution < 1.29 is 14.3 Å². The molecule has 5 heteroatoms. The molecule has 0 aliphatic rings. The summed E-state index contributed by atoms with van der Waals surface area (Å²) in [6.45, 7) is 0.289.